The van der Waals surface area contributed by atoms with Crippen molar-refractivity contribution in [3.63, 3.8) is 0 Å². The van der Waals surface area contributed by atoms with Crippen molar-refractivity contribution in [1.29, 1.82) is 0 Å². The Labute approximate surface area is 132 Å². The molecule has 0 aliphatic rings. The molecular formula is C17H16N2O2S. The fourth-order valence-corrected chi connectivity index (χ4v) is 2.78. The van der Waals surface area contributed by atoms with Crippen LogP contribution in [0.5, 0.6) is 0 Å². The van der Waals surface area contributed by atoms with Crippen molar-refractivity contribution in [3.8, 4) is 11.3 Å². The van der Waals surface area contributed by atoms with Crippen molar-refractivity contribution in [2.75, 3.05) is 0 Å². The number of amides is 1. The van der Waals surface area contributed by atoms with Crippen LogP contribution in [0.2, 0.25) is 0 Å². The van der Waals surface area contributed by atoms with Crippen LogP contribution < -0.4 is 5.32 Å². The summed E-state index contributed by atoms with van der Waals surface area (Å²) >= 11 is 1.58. The Morgan fingerprint density at radius 1 is 1.27 bits per heavy atom. The van der Waals surface area contributed by atoms with Gasteiger partial charge in [0.2, 0.25) is 5.91 Å². The highest BCUT2D eigenvalue weighted by Crippen LogP contribution is 2.20. The van der Waals surface area contributed by atoms with E-state index in [0.717, 1.165) is 16.1 Å². The van der Waals surface area contributed by atoms with Crippen molar-refractivity contribution in [1.82, 2.24) is 10.5 Å². The zero-order valence-electron chi connectivity index (χ0n) is 12.2. The molecule has 0 unspecified atom stereocenters. The van der Waals surface area contributed by atoms with Crippen LogP contribution >= 0.6 is 11.3 Å². The largest absolute Gasteiger partial charge is 0.356 e. The molecule has 0 saturated heterocycles. The number of hydrogen-bond donors (Lipinski definition) is 1. The van der Waals surface area contributed by atoms with Crippen LogP contribution in [0.3, 0.4) is 0 Å². The average Bonchev–Trinajstić information content (AvgIpc) is 3.17. The van der Waals surface area contributed by atoms with Gasteiger partial charge in [-0.2, -0.15) is 0 Å². The van der Waals surface area contributed by atoms with E-state index >= 15 is 0 Å². The third-order valence-electron chi connectivity index (χ3n) is 3.28. The summed E-state index contributed by atoms with van der Waals surface area (Å²) in [4.78, 5) is 12.9. The molecule has 1 amide bonds. The van der Waals surface area contributed by atoms with Gasteiger partial charge in [-0.15, -0.1) is 11.3 Å². The minimum absolute atomic E-state index is 0.0117. The predicted octanol–water partition coefficient (Wildman–Crippen LogP) is 3.57. The molecule has 1 N–H and O–H groups in total. The third-order valence-corrected chi connectivity index (χ3v) is 4.15. The molecule has 2 heterocycles. The van der Waals surface area contributed by atoms with E-state index in [2.05, 4.69) is 10.5 Å². The van der Waals surface area contributed by atoms with E-state index in [-0.39, 0.29) is 5.91 Å². The number of rotatable bonds is 5. The van der Waals surface area contributed by atoms with Gasteiger partial charge >= 0.3 is 0 Å². The van der Waals surface area contributed by atoms with Gasteiger partial charge in [0.15, 0.2) is 5.76 Å². The molecule has 0 spiro atoms. The second-order valence-corrected chi connectivity index (χ2v) is 6.11. The van der Waals surface area contributed by atoms with E-state index in [9.17, 15) is 4.79 Å². The Hall–Kier alpha value is -2.40. The van der Waals surface area contributed by atoms with Crippen molar-refractivity contribution in [2.24, 2.45) is 0 Å². The van der Waals surface area contributed by atoms with E-state index in [4.69, 9.17) is 4.52 Å². The van der Waals surface area contributed by atoms with Gasteiger partial charge in [-0.25, -0.2) is 0 Å². The first-order chi connectivity index (χ1) is 10.7. The van der Waals surface area contributed by atoms with Crippen LogP contribution in [0.25, 0.3) is 11.3 Å². The predicted molar refractivity (Wildman–Crippen MR) is 86.5 cm³/mol. The SMILES string of the molecule is Cc1ccc(-c2cc(CNC(=O)Cc3cccs3)no2)cc1. The normalized spacial score (nSPS) is 10.6. The Bertz CT molecular complexity index is 745. The van der Waals surface area contributed by atoms with E-state index < -0.39 is 0 Å². The maximum Gasteiger partial charge on any atom is 0.225 e. The molecule has 5 heteroatoms. The maximum atomic E-state index is 11.8. The Balaban J connectivity index is 1.57. The van der Waals surface area contributed by atoms with E-state index in [0.29, 0.717) is 18.7 Å². The highest BCUT2D eigenvalue weighted by molar-refractivity contribution is 7.10. The smallest absolute Gasteiger partial charge is 0.225 e. The lowest BCUT2D eigenvalue weighted by Gasteiger charge is -2.00. The van der Waals surface area contributed by atoms with Crippen molar-refractivity contribution >= 4 is 17.2 Å². The first-order valence-electron chi connectivity index (χ1n) is 7.02. The molecule has 0 radical (unpaired) electrons. The van der Waals surface area contributed by atoms with Crippen molar-refractivity contribution in [2.45, 2.75) is 19.9 Å². The van der Waals surface area contributed by atoms with Gasteiger partial charge in [0, 0.05) is 16.5 Å². The van der Waals surface area contributed by atoms with E-state index in [1.54, 1.807) is 11.3 Å². The number of aromatic nitrogens is 1. The lowest BCUT2D eigenvalue weighted by molar-refractivity contribution is -0.120. The molecule has 0 fully saturated rings. The quantitative estimate of drug-likeness (QED) is 0.783. The first kappa shape index (κ1) is 14.5. The van der Waals surface area contributed by atoms with Crippen molar-refractivity contribution in [3.05, 3.63) is 64.0 Å². The van der Waals surface area contributed by atoms with Crippen LogP contribution in [0.4, 0.5) is 0 Å². The Kier molecular flexibility index (Phi) is 4.34. The summed E-state index contributed by atoms with van der Waals surface area (Å²) < 4.78 is 5.33. The molecule has 112 valence electrons. The second kappa shape index (κ2) is 6.58. The van der Waals surface area contributed by atoms with Crippen LogP contribution in [-0.4, -0.2) is 11.1 Å². The number of carbonyl (C=O) groups excluding carboxylic acids is 1. The standard InChI is InChI=1S/C17H16N2O2S/c1-12-4-6-13(7-5-12)16-9-14(19-21-16)11-18-17(20)10-15-3-2-8-22-15/h2-9H,10-11H2,1H3,(H,18,20). The fraction of sp³-hybridized carbons (Fsp3) is 0.176. The second-order valence-electron chi connectivity index (χ2n) is 5.08. The molecule has 3 aromatic rings. The van der Waals surface area contributed by atoms with E-state index in [1.165, 1.54) is 5.56 Å². The Morgan fingerprint density at radius 2 is 2.09 bits per heavy atom. The summed E-state index contributed by atoms with van der Waals surface area (Å²) in [6, 6.07) is 13.8. The topological polar surface area (TPSA) is 55.1 Å². The Morgan fingerprint density at radius 3 is 2.82 bits per heavy atom. The van der Waals surface area contributed by atoms with Crippen molar-refractivity contribution < 1.29 is 9.32 Å². The summed E-state index contributed by atoms with van der Waals surface area (Å²) in [6.45, 7) is 2.41. The molecule has 0 atom stereocenters. The number of benzene rings is 1. The first-order valence-corrected chi connectivity index (χ1v) is 7.90. The van der Waals surface area contributed by atoms with Gasteiger partial charge in [-0.3, -0.25) is 4.79 Å². The molecule has 0 aliphatic carbocycles. The van der Waals surface area contributed by atoms with Gasteiger partial charge in [-0.05, 0) is 18.4 Å². The number of hydrogen-bond acceptors (Lipinski definition) is 4. The number of nitrogens with zero attached hydrogens (tertiary/aromatic N) is 1. The lowest BCUT2D eigenvalue weighted by atomic mass is 10.1. The van der Waals surface area contributed by atoms with Crippen LogP contribution in [0.15, 0.2) is 52.4 Å². The molecule has 2 aromatic heterocycles. The van der Waals surface area contributed by atoms with Gasteiger partial charge in [-0.1, -0.05) is 41.1 Å². The molecule has 3 rings (SSSR count). The molecule has 0 bridgehead atoms. The molecule has 4 nitrogen and oxygen atoms in total. The third kappa shape index (κ3) is 3.62. The molecule has 0 saturated carbocycles. The average molecular weight is 312 g/mol. The molecular weight excluding hydrogens is 296 g/mol. The van der Waals surface area contributed by atoms with Gasteiger partial charge < -0.3 is 9.84 Å². The zero-order valence-corrected chi connectivity index (χ0v) is 13.0. The number of thiophene rings is 1. The molecule has 0 aliphatic heterocycles. The highest BCUT2D eigenvalue weighted by atomic mass is 32.1. The van der Waals surface area contributed by atoms with Gasteiger partial charge in [0.1, 0.15) is 5.69 Å². The maximum absolute atomic E-state index is 11.8. The van der Waals surface area contributed by atoms with Gasteiger partial charge in [0.25, 0.3) is 0 Å². The summed E-state index contributed by atoms with van der Waals surface area (Å²) in [5, 5.41) is 8.82. The summed E-state index contributed by atoms with van der Waals surface area (Å²) in [5.41, 5.74) is 2.90. The lowest BCUT2D eigenvalue weighted by Crippen LogP contribution is -2.24. The van der Waals surface area contributed by atoms with Crippen LogP contribution in [0.1, 0.15) is 16.1 Å². The number of carbonyl (C=O) groups is 1. The minimum atomic E-state index is -0.0117. The van der Waals surface area contributed by atoms with Gasteiger partial charge in [0.05, 0.1) is 13.0 Å². The summed E-state index contributed by atoms with van der Waals surface area (Å²) in [6.07, 6.45) is 0.403. The van der Waals surface area contributed by atoms with Crippen LogP contribution in [-0.2, 0) is 17.8 Å². The summed E-state index contributed by atoms with van der Waals surface area (Å²) in [5.74, 6) is 0.699. The summed E-state index contributed by atoms with van der Waals surface area (Å²) in [7, 11) is 0. The van der Waals surface area contributed by atoms with Crippen LogP contribution in [0, 0.1) is 6.92 Å². The molecule has 1 aromatic carbocycles. The zero-order chi connectivity index (χ0) is 15.4. The number of aryl methyl sites for hydroxylation is 1. The van der Waals surface area contributed by atoms with E-state index in [1.807, 2.05) is 54.8 Å². The number of nitrogens with one attached hydrogen (secondary N) is 1. The molecule has 22 heavy (non-hydrogen) atoms. The fourth-order valence-electron chi connectivity index (χ4n) is 2.07. The monoisotopic (exact) mass is 312 g/mol. The highest BCUT2D eigenvalue weighted by Gasteiger charge is 2.09. The minimum Gasteiger partial charge on any atom is -0.356 e.